The van der Waals surface area contributed by atoms with Crippen LogP contribution in [0, 0.1) is 18.7 Å². The normalized spacial score (nSPS) is 20.1. The highest BCUT2D eigenvalue weighted by Crippen LogP contribution is 2.51. The number of fused-ring (bicyclic) bond motifs is 3. The Balaban J connectivity index is 0.843. The van der Waals surface area contributed by atoms with Gasteiger partial charge in [-0.3, -0.25) is 19.7 Å². The number of benzene rings is 5. The van der Waals surface area contributed by atoms with Crippen molar-refractivity contribution >= 4 is 39.4 Å². The van der Waals surface area contributed by atoms with E-state index in [-0.39, 0.29) is 113 Å². The summed E-state index contributed by atoms with van der Waals surface area (Å²) in [6, 6.07) is 24.5. The van der Waals surface area contributed by atoms with Crippen molar-refractivity contribution in [1.82, 2.24) is 40.7 Å². The van der Waals surface area contributed by atoms with Gasteiger partial charge < -0.3 is 39.8 Å². The maximum Gasteiger partial charge on any atom is 0.417 e. The lowest BCUT2D eigenvalue weighted by molar-refractivity contribution is -0.144. The number of rotatable bonds is 18. The number of aliphatic hydroxyl groups excluding tert-OH is 1. The van der Waals surface area contributed by atoms with Crippen LogP contribution in [0.2, 0.25) is 0 Å². The molecular formula is C58H61F4N11O6. The number of alkyl halides is 3. The van der Waals surface area contributed by atoms with E-state index in [0.717, 1.165) is 28.3 Å². The standard InChI is InChI=1S/C58H61F4N11O6/c1-31(2)52(56(76)71-21-9-12-47(71)55(75)65-46(28-74)38-19-17-36(18-20-38)35-10-7-6-8-11-35)73-27-44(69-70-73)37-15-13-34(14-16-37)30-78-53-50(49-33(4)42(59)23-43-40(49)24-64-68-43)41(58(60,61)62)22-39-51(53)66-57(79-29-32(3)77-5)67-54(39)72-26-45-48(72)25-63-45/h6-8,10-11,13-20,22-24,31-32,44-48,52,63,74H,9,12,21,25-30H2,1-5H3,(H,64,68)(H,65,75)/t32-,44?,45?,46?,47?,48?,52?/m0/s1. The summed E-state index contributed by atoms with van der Waals surface area (Å²) in [5.74, 6) is -1.53. The molecule has 5 aromatic carbocycles. The van der Waals surface area contributed by atoms with Gasteiger partial charge in [0.25, 0.3) is 0 Å². The van der Waals surface area contributed by atoms with Crippen molar-refractivity contribution in [2.75, 3.05) is 51.4 Å². The molecule has 4 aliphatic heterocycles. The number of aromatic nitrogens is 4. The number of methoxy groups -OCH3 is 1. The van der Waals surface area contributed by atoms with Crippen molar-refractivity contribution in [2.45, 2.75) is 95.7 Å². The van der Waals surface area contributed by atoms with Crippen LogP contribution in [0.1, 0.15) is 73.5 Å². The van der Waals surface area contributed by atoms with Gasteiger partial charge in [0.2, 0.25) is 11.8 Å². The van der Waals surface area contributed by atoms with Crippen LogP contribution in [-0.2, 0) is 27.1 Å². The number of aliphatic hydroxyl groups is 1. The van der Waals surface area contributed by atoms with Gasteiger partial charge in [0, 0.05) is 54.7 Å². The van der Waals surface area contributed by atoms with Crippen molar-refractivity contribution < 1.29 is 46.5 Å². The minimum atomic E-state index is -4.96. The molecule has 6 unspecified atom stereocenters. The predicted molar refractivity (Wildman–Crippen MR) is 287 cm³/mol. The van der Waals surface area contributed by atoms with Crippen molar-refractivity contribution in [1.29, 1.82) is 0 Å². The fourth-order valence-corrected chi connectivity index (χ4v) is 11.2. The number of piperazine rings is 1. The van der Waals surface area contributed by atoms with Crippen molar-refractivity contribution in [3.63, 3.8) is 0 Å². The lowest BCUT2D eigenvalue weighted by Gasteiger charge is -2.56. The molecule has 0 spiro atoms. The van der Waals surface area contributed by atoms with E-state index in [1.807, 2.05) is 85.5 Å². The minimum Gasteiger partial charge on any atom is -0.486 e. The van der Waals surface area contributed by atoms with Gasteiger partial charge in [-0.1, -0.05) is 97.9 Å². The lowest BCUT2D eigenvalue weighted by Crippen LogP contribution is -2.78. The van der Waals surface area contributed by atoms with E-state index in [9.17, 15) is 14.7 Å². The van der Waals surface area contributed by atoms with E-state index < -0.39 is 47.3 Å². The Labute approximate surface area is 453 Å². The Bertz CT molecular complexity index is 3420. The first-order chi connectivity index (χ1) is 38.1. The summed E-state index contributed by atoms with van der Waals surface area (Å²) in [5.41, 5.74) is 2.82. The number of nitrogens with one attached hydrogen (secondary N) is 3. The second-order valence-corrected chi connectivity index (χ2v) is 21.1. The molecular weight excluding hydrogens is 1020 g/mol. The van der Waals surface area contributed by atoms with E-state index in [1.54, 1.807) is 29.0 Å². The first kappa shape index (κ1) is 53.3. The fraction of sp³-hybridized carbons (Fsp3) is 0.397. The number of ether oxygens (including phenoxy) is 3. The lowest BCUT2D eigenvalue weighted by atomic mass is 9.87. The number of nitrogens with zero attached hydrogens (tertiary/aromatic N) is 8. The highest BCUT2D eigenvalue weighted by Gasteiger charge is 2.48. The van der Waals surface area contributed by atoms with Gasteiger partial charge in [-0.2, -0.15) is 33.4 Å². The molecule has 412 valence electrons. The second kappa shape index (κ2) is 21.8. The first-order valence-electron chi connectivity index (χ1n) is 26.6. The van der Waals surface area contributed by atoms with E-state index >= 15 is 17.6 Å². The van der Waals surface area contributed by atoms with Gasteiger partial charge in [-0.05, 0) is 78.1 Å². The third-order valence-electron chi connectivity index (χ3n) is 15.7. The Morgan fingerprint density at radius 1 is 0.924 bits per heavy atom. The third kappa shape index (κ3) is 10.3. The third-order valence-corrected chi connectivity index (χ3v) is 15.7. The van der Waals surface area contributed by atoms with Crippen LogP contribution in [0.25, 0.3) is 44.1 Å². The molecule has 11 rings (SSSR count). The van der Waals surface area contributed by atoms with Crippen LogP contribution in [0.4, 0.5) is 23.4 Å². The molecule has 2 aromatic heterocycles. The van der Waals surface area contributed by atoms with E-state index in [1.165, 1.54) is 26.3 Å². The van der Waals surface area contributed by atoms with Crippen molar-refractivity contribution in [3.8, 4) is 34.0 Å². The molecule has 2 amide bonds. The zero-order valence-corrected chi connectivity index (χ0v) is 44.3. The molecule has 4 aliphatic rings. The predicted octanol–water partition coefficient (Wildman–Crippen LogP) is 9.05. The quantitative estimate of drug-likeness (QED) is 0.0597. The van der Waals surface area contributed by atoms with Crippen LogP contribution in [0.3, 0.4) is 0 Å². The molecule has 3 fully saturated rings. The Hall–Kier alpha value is -7.75. The molecule has 4 N–H and O–H groups in total. The summed E-state index contributed by atoms with van der Waals surface area (Å²) < 4.78 is 81.3. The van der Waals surface area contributed by atoms with Gasteiger partial charge in [-0.25, -0.2) is 4.39 Å². The molecule has 21 heteroatoms. The Morgan fingerprint density at radius 3 is 2.35 bits per heavy atom. The van der Waals surface area contributed by atoms with Gasteiger partial charge in [-0.15, -0.1) is 0 Å². The number of likely N-dealkylation sites (tertiary alicyclic amines) is 1. The number of hydrogen-bond donors (Lipinski definition) is 4. The number of H-pyrrole nitrogens is 1. The summed E-state index contributed by atoms with van der Waals surface area (Å²) in [6.45, 7) is 8.33. The number of carbonyl (C=O) groups excluding carboxylic acids is 2. The molecule has 7 aromatic rings. The fourth-order valence-electron chi connectivity index (χ4n) is 11.2. The summed E-state index contributed by atoms with van der Waals surface area (Å²) in [4.78, 5) is 41.5. The summed E-state index contributed by atoms with van der Waals surface area (Å²) in [5, 5.41) is 34.6. The highest BCUT2D eigenvalue weighted by molar-refractivity contribution is 6.06. The smallest absolute Gasteiger partial charge is 0.417 e. The molecule has 79 heavy (non-hydrogen) atoms. The Kier molecular flexibility index (Phi) is 14.7. The first-order valence-corrected chi connectivity index (χ1v) is 26.6. The second-order valence-electron chi connectivity index (χ2n) is 21.1. The van der Waals surface area contributed by atoms with Crippen LogP contribution in [-0.4, -0.2) is 124 Å². The number of carbonyl (C=O) groups is 2. The van der Waals surface area contributed by atoms with Crippen LogP contribution < -0.4 is 25.0 Å². The van der Waals surface area contributed by atoms with Gasteiger partial charge >= 0.3 is 12.2 Å². The zero-order chi connectivity index (χ0) is 55.3. The average molecular weight is 1080 g/mol. The number of hydrogen-bond acceptors (Lipinski definition) is 14. The SMILES string of the molecule is CO[C@@H](C)COc1nc(N2CC3NCC32)c2cc(C(F)(F)F)c(-c3c(C)c(F)cc4[nH]ncc34)c(OCc3ccc(C4CN(C(C(=O)N5CCCC5C(=O)NC(CO)c5ccc(-c6ccccc6)cc5)C(C)C)N=N4)cc3)c2n1. The molecule has 3 saturated heterocycles. The molecule has 6 heterocycles. The summed E-state index contributed by atoms with van der Waals surface area (Å²) >= 11 is 0. The topological polar surface area (TPSA) is 195 Å². The maximum atomic E-state index is 15.9. The molecule has 17 nitrogen and oxygen atoms in total. The monoisotopic (exact) mass is 1080 g/mol. The molecule has 0 aliphatic carbocycles. The highest BCUT2D eigenvalue weighted by atomic mass is 19.4. The summed E-state index contributed by atoms with van der Waals surface area (Å²) in [6.07, 6.45) is -2.86. The molecule has 0 radical (unpaired) electrons. The molecule has 0 saturated carbocycles. The largest absolute Gasteiger partial charge is 0.486 e. The van der Waals surface area contributed by atoms with Gasteiger partial charge in [0.05, 0.1) is 48.6 Å². The Morgan fingerprint density at radius 2 is 1.68 bits per heavy atom. The number of amides is 2. The van der Waals surface area contributed by atoms with E-state index in [0.29, 0.717) is 38.0 Å². The van der Waals surface area contributed by atoms with E-state index in [4.69, 9.17) is 24.2 Å². The van der Waals surface area contributed by atoms with Crippen LogP contribution in [0.5, 0.6) is 11.8 Å². The van der Waals surface area contributed by atoms with Crippen LogP contribution >= 0.6 is 0 Å². The zero-order valence-electron chi connectivity index (χ0n) is 44.3. The number of anilines is 1. The summed E-state index contributed by atoms with van der Waals surface area (Å²) in [7, 11) is 1.53. The number of halogens is 4. The van der Waals surface area contributed by atoms with Crippen molar-refractivity contribution in [3.05, 3.63) is 131 Å². The average Bonchev–Trinajstić information content (AvgIpc) is 4.34. The number of aromatic amines is 1. The van der Waals surface area contributed by atoms with Crippen molar-refractivity contribution in [2.24, 2.45) is 16.3 Å². The van der Waals surface area contributed by atoms with E-state index in [2.05, 4.69) is 31.2 Å². The van der Waals surface area contributed by atoms with Crippen LogP contribution in [0.15, 0.2) is 108 Å². The molecule has 7 atom stereocenters. The maximum absolute atomic E-state index is 15.9. The molecule has 0 bridgehead atoms. The van der Waals surface area contributed by atoms with Gasteiger partial charge in [0.15, 0.2) is 5.75 Å². The van der Waals surface area contributed by atoms with Gasteiger partial charge in [0.1, 0.15) is 48.5 Å². The minimum absolute atomic E-state index is 0.00187.